The van der Waals surface area contributed by atoms with Crippen molar-refractivity contribution in [1.29, 1.82) is 0 Å². The summed E-state index contributed by atoms with van der Waals surface area (Å²) in [5, 5.41) is 31.6. The molecule has 6 atom stereocenters. The van der Waals surface area contributed by atoms with Crippen molar-refractivity contribution < 1.29 is 58.2 Å². The summed E-state index contributed by atoms with van der Waals surface area (Å²) >= 11 is 0. The number of carboxylic acids is 1. The van der Waals surface area contributed by atoms with E-state index in [1.807, 2.05) is 0 Å². The number of carbonyl (C=O) groups is 4. The van der Waals surface area contributed by atoms with E-state index in [0.717, 1.165) is 116 Å². The molecule has 1 saturated heterocycles. The molecule has 81 heavy (non-hydrogen) atoms. The van der Waals surface area contributed by atoms with Gasteiger partial charge in [0.05, 0.1) is 6.61 Å². The minimum atomic E-state index is -1.91. The van der Waals surface area contributed by atoms with Gasteiger partial charge in [-0.3, -0.25) is 14.4 Å². The predicted octanol–water partition coefficient (Wildman–Crippen LogP) is 17.7. The Kier molecular flexibility index (Phi) is 52.6. The molecule has 0 saturated carbocycles. The molecular weight excluding hydrogens is 1020 g/mol. The summed E-state index contributed by atoms with van der Waals surface area (Å²) in [6, 6.07) is 0. The van der Waals surface area contributed by atoms with Gasteiger partial charge in [-0.05, 0) is 89.9 Å². The third kappa shape index (κ3) is 46.3. The maximum Gasteiger partial charge on any atom is 0.335 e. The van der Waals surface area contributed by atoms with Crippen molar-refractivity contribution in [3.63, 3.8) is 0 Å². The first-order chi connectivity index (χ1) is 39.6. The van der Waals surface area contributed by atoms with Crippen LogP contribution in [0.25, 0.3) is 0 Å². The first kappa shape index (κ1) is 75.2. The Hall–Kier alpha value is -3.84. The summed E-state index contributed by atoms with van der Waals surface area (Å²) in [6.07, 6.45) is 59.9. The zero-order chi connectivity index (χ0) is 58.9. The molecule has 0 amide bonds. The van der Waals surface area contributed by atoms with Crippen LogP contribution in [0.4, 0.5) is 0 Å². The van der Waals surface area contributed by atoms with Crippen molar-refractivity contribution in [1.82, 2.24) is 0 Å². The lowest BCUT2D eigenvalue weighted by molar-refractivity contribution is -0.301. The Balaban J connectivity index is 2.64. The molecule has 12 nitrogen and oxygen atoms in total. The Morgan fingerprint density at radius 1 is 0.420 bits per heavy atom. The average molecular weight is 1140 g/mol. The van der Waals surface area contributed by atoms with Gasteiger partial charge in [0.1, 0.15) is 18.8 Å². The molecule has 0 aromatic carbocycles. The Labute approximate surface area is 493 Å². The average Bonchev–Trinajstić information content (AvgIpc) is 3.54. The van der Waals surface area contributed by atoms with Gasteiger partial charge in [0.25, 0.3) is 0 Å². The van der Waals surface area contributed by atoms with E-state index in [1.54, 1.807) is 0 Å². The van der Waals surface area contributed by atoms with Crippen LogP contribution in [0.3, 0.4) is 0 Å². The Bertz CT molecular complexity index is 1680. The second kappa shape index (κ2) is 56.6. The molecule has 1 fully saturated rings. The van der Waals surface area contributed by atoms with Crippen LogP contribution in [0.5, 0.6) is 0 Å². The summed E-state index contributed by atoms with van der Waals surface area (Å²) in [7, 11) is 0. The zero-order valence-corrected chi connectivity index (χ0v) is 51.5. The van der Waals surface area contributed by atoms with Crippen LogP contribution in [-0.2, 0) is 42.9 Å². The zero-order valence-electron chi connectivity index (χ0n) is 51.5. The minimum Gasteiger partial charge on any atom is -0.479 e. The van der Waals surface area contributed by atoms with Gasteiger partial charge in [0.2, 0.25) is 0 Å². The van der Waals surface area contributed by atoms with Crippen LogP contribution < -0.4 is 0 Å². The number of carbonyl (C=O) groups excluding carboxylic acids is 3. The van der Waals surface area contributed by atoms with E-state index in [0.29, 0.717) is 19.3 Å². The number of aliphatic hydroxyl groups is 2. The molecule has 0 radical (unpaired) electrons. The molecular formula is C69H118O12. The van der Waals surface area contributed by atoms with Crippen molar-refractivity contribution in [2.45, 2.75) is 327 Å². The van der Waals surface area contributed by atoms with Gasteiger partial charge in [-0.15, -0.1) is 0 Å². The molecule has 0 aromatic rings. The summed E-state index contributed by atoms with van der Waals surface area (Å²) in [5.74, 6) is -3.12. The van der Waals surface area contributed by atoms with E-state index in [-0.39, 0.29) is 25.9 Å². The lowest BCUT2D eigenvalue weighted by Gasteiger charge is -2.40. The van der Waals surface area contributed by atoms with Crippen molar-refractivity contribution >= 4 is 23.9 Å². The quantitative estimate of drug-likeness (QED) is 0.0228. The fourth-order valence-corrected chi connectivity index (χ4v) is 9.74. The number of hydrogen-bond acceptors (Lipinski definition) is 11. The predicted molar refractivity (Wildman–Crippen MR) is 331 cm³/mol. The largest absolute Gasteiger partial charge is 0.479 e. The number of allylic oxidation sites excluding steroid dienone is 12. The van der Waals surface area contributed by atoms with Gasteiger partial charge in [0, 0.05) is 19.3 Å². The second-order valence-corrected chi connectivity index (χ2v) is 22.4. The van der Waals surface area contributed by atoms with Gasteiger partial charge in [-0.1, -0.05) is 254 Å². The molecule has 1 rings (SSSR count). The summed E-state index contributed by atoms with van der Waals surface area (Å²) in [6.45, 7) is 5.88. The second-order valence-electron chi connectivity index (χ2n) is 22.4. The van der Waals surface area contributed by atoms with E-state index in [4.69, 9.17) is 23.7 Å². The fraction of sp³-hybridized carbons (Fsp3) is 0.768. The van der Waals surface area contributed by atoms with Crippen molar-refractivity contribution in [3.05, 3.63) is 72.9 Å². The smallest absolute Gasteiger partial charge is 0.335 e. The topological polar surface area (TPSA) is 175 Å². The van der Waals surface area contributed by atoms with Crippen LogP contribution >= 0.6 is 0 Å². The van der Waals surface area contributed by atoms with Crippen molar-refractivity contribution in [3.8, 4) is 0 Å². The van der Waals surface area contributed by atoms with Crippen LogP contribution in [0.1, 0.15) is 290 Å². The molecule has 0 aliphatic carbocycles. The third-order valence-corrected chi connectivity index (χ3v) is 14.8. The molecule has 6 unspecified atom stereocenters. The molecule has 0 aromatic heterocycles. The minimum absolute atomic E-state index is 0.0436. The number of rotatable bonds is 56. The number of esters is 3. The van der Waals surface area contributed by atoms with E-state index < -0.39 is 67.3 Å². The summed E-state index contributed by atoms with van der Waals surface area (Å²) < 4.78 is 28.5. The summed E-state index contributed by atoms with van der Waals surface area (Å²) in [4.78, 5) is 51.3. The molecule has 466 valence electrons. The number of hydrogen-bond donors (Lipinski definition) is 3. The normalized spacial score (nSPS) is 18.2. The third-order valence-electron chi connectivity index (χ3n) is 14.8. The van der Waals surface area contributed by atoms with Gasteiger partial charge in [0.15, 0.2) is 24.6 Å². The maximum absolute atomic E-state index is 13.2. The standard InChI is InChI=1S/C69H118O12/c1-4-7-10-13-16-19-22-25-27-29-31-33-35-38-40-43-46-49-52-55-61(70)77-58-60(79-62(71)56-53-50-47-44-41-37-24-21-18-15-12-9-6-3)59-78-69-67(65(74)64(73)66(81-69)68(75)76)80-63(72)57-54-51-48-45-42-39-36-34-32-30-28-26-23-20-17-14-11-8-5-2/h8,11,16-17,19-20,25-28,32,34,60,64-67,69,73-74H,4-7,9-10,12-15,18,21-24,29-31,33,35-59H2,1-3H3,(H,75,76)/b11-8-,19-16-,20-17-,27-25-,28-26-,34-32-. The highest BCUT2D eigenvalue weighted by atomic mass is 16.7. The lowest BCUT2D eigenvalue weighted by Crippen LogP contribution is -2.61. The van der Waals surface area contributed by atoms with Crippen LogP contribution in [0, 0.1) is 0 Å². The Morgan fingerprint density at radius 2 is 0.778 bits per heavy atom. The number of ether oxygens (including phenoxy) is 5. The van der Waals surface area contributed by atoms with Gasteiger partial charge < -0.3 is 39.0 Å². The van der Waals surface area contributed by atoms with E-state index in [9.17, 15) is 34.5 Å². The van der Waals surface area contributed by atoms with Crippen LogP contribution in [-0.4, -0.2) is 89.2 Å². The first-order valence-corrected chi connectivity index (χ1v) is 32.9. The molecule has 0 spiro atoms. The first-order valence-electron chi connectivity index (χ1n) is 32.9. The van der Waals surface area contributed by atoms with Crippen LogP contribution in [0.2, 0.25) is 0 Å². The molecule has 3 N–H and O–H groups in total. The molecule has 1 heterocycles. The number of aliphatic hydroxyl groups excluding tert-OH is 2. The van der Waals surface area contributed by atoms with E-state index >= 15 is 0 Å². The van der Waals surface area contributed by atoms with Crippen molar-refractivity contribution in [2.75, 3.05) is 13.2 Å². The molecule has 1 aliphatic heterocycles. The highest BCUT2D eigenvalue weighted by molar-refractivity contribution is 5.74. The molecule has 0 bridgehead atoms. The number of aliphatic carboxylic acids is 1. The fourth-order valence-electron chi connectivity index (χ4n) is 9.74. The Morgan fingerprint density at radius 3 is 1.21 bits per heavy atom. The van der Waals surface area contributed by atoms with E-state index in [1.165, 1.54) is 116 Å². The summed E-state index contributed by atoms with van der Waals surface area (Å²) in [5.41, 5.74) is 0. The van der Waals surface area contributed by atoms with E-state index in [2.05, 4.69) is 93.7 Å². The van der Waals surface area contributed by atoms with Crippen LogP contribution in [0.15, 0.2) is 72.9 Å². The monoisotopic (exact) mass is 1140 g/mol. The van der Waals surface area contributed by atoms with Gasteiger partial charge in [-0.2, -0.15) is 0 Å². The SMILES string of the molecule is CC/C=C\C/C=C\C/C=C\C/C=C\CCCCCCCCC(=O)OC1C(OCC(COC(=O)CCCCCCCCCCC/C=C\C/C=C\CCCCC)OC(=O)CCCCCCCCCCCCCCC)OC(C(=O)O)C(O)C1O. The number of carboxylic acid groups (broad SMARTS) is 1. The molecule has 12 heteroatoms. The van der Waals surface area contributed by atoms with Gasteiger partial charge in [-0.25, -0.2) is 4.79 Å². The number of unbranched alkanes of at least 4 members (excludes halogenated alkanes) is 30. The highest BCUT2D eigenvalue weighted by Gasteiger charge is 2.50. The lowest BCUT2D eigenvalue weighted by atomic mass is 9.98. The van der Waals surface area contributed by atoms with Crippen molar-refractivity contribution in [2.24, 2.45) is 0 Å². The maximum atomic E-state index is 13.2. The van der Waals surface area contributed by atoms with Gasteiger partial charge >= 0.3 is 23.9 Å². The molecule has 1 aliphatic rings. The highest BCUT2D eigenvalue weighted by Crippen LogP contribution is 2.27.